The van der Waals surface area contributed by atoms with Gasteiger partial charge in [0.15, 0.2) is 5.78 Å². The number of cyclic esters (lactones) is 1. The van der Waals surface area contributed by atoms with Crippen molar-refractivity contribution in [2.45, 2.75) is 25.4 Å². The van der Waals surface area contributed by atoms with E-state index in [1.807, 2.05) is 24.3 Å². The minimum Gasteiger partial charge on any atom is -0.444 e. The van der Waals surface area contributed by atoms with E-state index >= 15 is 0 Å². The molecule has 0 unspecified atom stereocenters. The van der Waals surface area contributed by atoms with Gasteiger partial charge in [0.05, 0.1) is 22.3 Å². The van der Waals surface area contributed by atoms with E-state index in [9.17, 15) is 9.59 Å². The molecule has 9 heteroatoms. The van der Waals surface area contributed by atoms with Gasteiger partial charge in [-0.1, -0.05) is 11.6 Å². The number of Topliss-reactive ketones (excluding diaryl/α,β-unsaturated/α-hetero) is 1. The molecular formula is C22H23ClN4O3S. The number of anilines is 1. The number of amides is 1. The van der Waals surface area contributed by atoms with Crippen LogP contribution in [0.25, 0.3) is 0 Å². The second kappa shape index (κ2) is 8.61. The number of hydrazine groups is 1. The second-order valence-electron chi connectivity index (χ2n) is 7.86. The van der Waals surface area contributed by atoms with Crippen molar-refractivity contribution >= 4 is 46.3 Å². The quantitative estimate of drug-likeness (QED) is 0.610. The van der Waals surface area contributed by atoms with Gasteiger partial charge in [-0.3, -0.25) is 19.7 Å². The largest absolute Gasteiger partial charge is 0.444 e. The van der Waals surface area contributed by atoms with Crippen molar-refractivity contribution in [3.05, 3.63) is 51.2 Å². The predicted molar refractivity (Wildman–Crippen MR) is 121 cm³/mol. The Balaban J connectivity index is 1.21. The number of hydrogen-bond donors (Lipinski definition) is 0. The zero-order valence-corrected chi connectivity index (χ0v) is 18.6. The van der Waals surface area contributed by atoms with Crippen LogP contribution in [-0.2, 0) is 4.74 Å². The molecule has 5 rings (SSSR count). The molecular weight excluding hydrogens is 436 g/mol. The molecule has 0 saturated carbocycles. The number of halogens is 1. The second-order valence-corrected chi connectivity index (χ2v) is 9.58. The summed E-state index contributed by atoms with van der Waals surface area (Å²) in [7, 11) is 0. The smallest absolute Gasteiger partial charge is 0.414 e. The van der Waals surface area contributed by atoms with E-state index in [0.717, 1.165) is 49.7 Å². The first-order valence-electron chi connectivity index (χ1n) is 10.5. The van der Waals surface area contributed by atoms with Crippen molar-refractivity contribution in [1.29, 1.82) is 0 Å². The first kappa shape index (κ1) is 20.5. The number of carbonyl (C=O) groups excluding carboxylic acids is 2. The van der Waals surface area contributed by atoms with Crippen molar-refractivity contribution in [3.63, 3.8) is 0 Å². The number of rotatable bonds is 6. The lowest BCUT2D eigenvalue weighted by Crippen LogP contribution is -2.46. The number of fused-ring (bicyclic) bond motifs is 1. The molecule has 4 heterocycles. The molecule has 2 aromatic rings. The van der Waals surface area contributed by atoms with E-state index in [1.165, 1.54) is 11.3 Å². The maximum atomic E-state index is 12.4. The van der Waals surface area contributed by atoms with E-state index in [1.54, 1.807) is 17.0 Å². The van der Waals surface area contributed by atoms with E-state index in [4.69, 9.17) is 21.3 Å². The number of carbonyl (C=O) groups is 2. The molecule has 1 atom stereocenters. The van der Waals surface area contributed by atoms with Crippen LogP contribution in [0.5, 0.6) is 0 Å². The van der Waals surface area contributed by atoms with Crippen LogP contribution in [0, 0.1) is 0 Å². The van der Waals surface area contributed by atoms with Crippen LogP contribution in [0.15, 0.2) is 41.4 Å². The van der Waals surface area contributed by atoms with Gasteiger partial charge in [0.1, 0.15) is 11.9 Å². The number of aliphatic imine (C=N–C) groups is 1. The fraction of sp³-hybridized carbons (Fsp3) is 0.409. The number of nitrogens with zero attached hydrogens (tertiary/aromatic N) is 4. The Labute approximate surface area is 189 Å². The zero-order valence-electron chi connectivity index (χ0n) is 17.0. The molecule has 0 N–H and O–H groups in total. The van der Waals surface area contributed by atoms with Crippen molar-refractivity contribution in [2.24, 2.45) is 4.99 Å². The highest BCUT2D eigenvalue weighted by Crippen LogP contribution is 2.27. The summed E-state index contributed by atoms with van der Waals surface area (Å²) in [6.07, 6.45) is 1.31. The Hall–Kier alpha value is -2.42. The fourth-order valence-corrected chi connectivity index (χ4v) is 5.29. The molecule has 3 aliphatic rings. The lowest BCUT2D eigenvalue weighted by molar-refractivity contribution is 0.0943. The lowest BCUT2D eigenvalue weighted by atomic mass is 10.1. The summed E-state index contributed by atoms with van der Waals surface area (Å²) < 4.78 is 6.10. The van der Waals surface area contributed by atoms with Crippen LogP contribution in [-0.4, -0.2) is 66.6 Å². The molecule has 3 aliphatic heterocycles. The van der Waals surface area contributed by atoms with Crippen molar-refractivity contribution in [1.82, 2.24) is 10.0 Å². The third kappa shape index (κ3) is 4.20. The number of thiophene rings is 1. The molecule has 31 heavy (non-hydrogen) atoms. The molecule has 0 radical (unpaired) electrons. The van der Waals surface area contributed by atoms with E-state index in [-0.39, 0.29) is 18.0 Å². The Kier molecular flexibility index (Phi) is 5.69. The molecule has 7 nitrogen and oxygen atoms in total. The summed E-state index contributed by atoms with van der Waals surface area (Å²) in [6.45, 7) is 4.31. The average molecular weight is 459 g/mol. The topological polar surface area (TPSA) is 65.5 Å². The highest BCUT2D eigenvalue weighted by atomic mass is 35.5. The van der Waals surface area contributed by atoms with Crippen LogP contribution in [0.4, 0.5) is 10.5 Å². The summed E-state index contributed by atoms with van der Waals surface area (Å²) >= 11 is 7.18. The summed E-state index contributed by atoms with van der Waals surface area (Å²) in [6, 6.07) is 11.4. The van der Waals surface area contributed by atoms with Crippen molar-refractivity contribution < 1.29 is 14.3 Å². The number of hydrogen-bond acceptors (Lipinski definition) is 7. The number of ketones is 1. The minimum atomic E-state index is -0.370. The van der Waals surface area contributed by atoms with Crippen LogP contribution in [0.1, 0.15) is 34.5 Å². The highest BCUT2D eigenvalue weighted by molar-refractivity contribution is 7.18. The molecule has 1 aromatic heterocycles. The maximum absolute atomic E-state index is 12.4. The average Bonchev–Trinajstić information content (AvgIpc) is 3.51. The SMILES string of the molecule is O=C(CC[C@H]1CN(c2ccc(C3=NCCN4CCCN34)cc2)C(=O)O1)c1ccc(Cl)s1. The van der Waals surface area contributed by atoms with Crippen molar-refractivity contribution in [3.8, 4) is 0 Å². The molecule has 0 spiro atoms. The van der Waals surface area contributed by atoms with Gasteiger partial charge in [0, 0.05) is 37.3 Å². The Morgan fingerprint density at radius 2 is 2.00 bits per heavy atom. The number of amidine groups is 1. The number of benzene rings is 1. The van der Waals surface area contributed by atoms with E-state index in [2.05, 4.69) is 10.0 Å². The molecule has 0 aliphatic carbocycles. The van der Waals surface area contributed by atoms with Crippen LogP contribution in [0.2, 0.25) is 4.34 Å². The maximum Gasteiger partial charge on any atom is 0.414 e. The summed E-state index contributed by atoms with van der Waals surface area (Å²) in [4.78, 5) is 31.7. The molecule has 0 bridgehead atoms. The van der Waals surface area contributed by atoms with Gasteiger partial charge in [0.25, 0.3) is 0 Å². The van der Waals surface area contributed by atoms with E-state index in [0.29, 0.717) is 28.6 Å². The monoisotopic (exact) mass is 458 g/mol. The van der Waals surface area contributed by atoms with Crippen molar-refractivity contribution in [2.75, 3.05) is 37.6 Å². The zero-order chi connectivity index (χ0) is 21.4. The van der Waals surface area contributed by atoms with Gasteiger partial charge >= 0.3 is 6.09 Å². The first-order valence-corrected chi connectivity index (χ1v) is 11.7. The van der Waals surface area contributed by atoms with Crippen LogP contribution in [0.3, 0.4) is 0 Å². The van der Waals surface area contributed by atoms with Gasteiger partial charge in [-0.25, -0.2) is 9.80 Å². The molecule has 162 valence electrons. The Morgan fingerprint density at radius 3 is 2.77 bits per heavy atom. The standard InChI is InChI=1S/C22H23ClN4O3S/c23-20-9-8-19(31-20)18(28)7-6-17-14-26(22(29)30-17)16-4-2-15(3-5-16)21-24-10-13-25-11-1-12-27(21)25/h2-5,8-9,17H,1,6-7,10-14H2/t17-/m0/s1. The lowest BCUT2D eigenvalue weighted by Gasteiger charge is -2.34. The van der Waals surface area contributed by atoms with Gasteiger partial charge in [0.2, 0.25) is 0 Å². The first-order chi connectivity index (χ1) is 15.1. The summed E-state index contributed by atoms with van der Waals surface area (Å²) in [5.41, 5.74) is 1.85. The summed E-state index contributed by atoms with van der Waals surface area (Å²) in [5, 5.41) is 4.61. The number of ether oxygens (including phenoxy) is 1. The van der Waals surface area contributed by atoms with Gasteiger partial charge in [-0.15, -0.1) is 11.3 Å². The third-order valence-electron chi connectivity index (χ3n) is 5.84. The van der Waals surface area contributed by atoms with E-state index < -0.39 is 0 Å². The normalized spacial score (nSPS) is 21.3. The third-order valence-corrected chi connectivity index (χ3v) is 7.12. The molecule has 2 saturated heterocycles. The molecule has 2 fully saturated rings. The molecule has 1 aromatic carbocycles. The predicted octanol–water partition coefficient (Wildman–Crippen LogP) is 4.07. The fourth-order valence-electron chi connectivity index (χ4n) is 4.28. The highest BCUT2D eigenvalue weighted by Gasteiger charge is 2.33. The summed E-state index contributed by atoms with van der Waals surface area (Å²) in [5.74, 6) is 1.03. The minimum absolute atomic E-state index is 0.0277. The van der Waals surface area contributed by atoms with Crippen LogP contribution >= 0.6 is 22.9 Å². The van der Waals surface area contributed by atoms with Crippen LogP contribution < -0.4 is 4.90 Å². The van der Waals surface area contributed by atoms with Gasteiger partial charge in [-0.2, -0.15) is 0 Å². The van der Waals surface area contributed by atoms with Gasteiger partial charge < -0.3 is 4.74 Å². The Bertz CT molecular complexity index is 1020. The molecule has 1 amide bonds. The van der Waals surface area contributed by atoms with Gasteiger partial charge in [-0.05, 0) is 49.2 Å². The Morgan fingerprint density at radius 1 is 1.16 bits per heavy atom.